The molecule has 0 saturated heterocycles. The van der Waals surface area contributed by atoms with E-state index in [4.69, 9.17) is 11.6 Å². The summed E-state index contributed by atoms with van der Waals surface area (Å²) >= 11 is 6.09. The van der Waals surface area contributed by atoms with Gasteiger partial charge in [-0.1, -0.05) is 17.7 Å². The summed E-state index contributed by atoms with van der Waals surface area (Å²) in [7, 11) is 1.76. The molecular weight excluding hydrogens is 471 g/mol. The maximum atomic E-state index is 15.3. The minimum Gasteiger partial charge on any atom is -0.390 e. The fourth-order valence-corrected chi connectivity index (χ4v) is 4.44. The number of hydrogen-bond acceptors (Lipinski definition) is 6. The molecule has 1 aromatic carbocycles. The molecule has 1 aliphatic heterocycles. The Morgan fingerprint density at radius 3 is 2.80 bits per heavy atom. The number of nitrogens with one attached hydrogen (secondary N) is 1. The molecule has 0 radical (unpaired) electrons. The zero-order chi connectivity index (χ0) is 24.5. The topological polar surface area (TPSA) is 96.2 Å². The Hall–Kier alpha value is -3.82. The second-order valence-corrected chi connectivity index (χ2v) is 8.61. The number of pyridine rings is 2. The van der Waals surface area contributed by atoms with E-state index >= 15 is 4.39 Å². The number of aromatic nitrogens is 4. The van der Waals surface area contributed by atoms with Crippen LogP contribution in [0.2, 0.25) is 5.15 Å². The number of anilines is 3. The van der Waals surface area contributed by atoms with Crippen LogP contribution < -0.4 is 10.2 Å². The maximum absolute atomic E-state index is 15.3. The average molecular weight is 493 g/mol. The molecule has 1 amide bonds. The minimum absolute atomic E-state index is 0.0543. The quantitative estimate of drug-likeness (QED) is 0.394. The molecule has 0 unspecified atom stereocenters. The van der Waals surface area contributed by atoms with Crippen LogP contribution in [0.4, 0.5) is 21.7 Å². The summed E-state index contributed by atoms with van der Waals surface area (Å²) in [6.07, 6.45) is 3.81. The molecule has 8 nitrogen and oxygen atoms in total. The van der Waals surface area contributed by atoms with Crippen molar-refractivity contribution in [1.29, 1.82) is 0 Å². The van der Waals surface area contributed by atoms with E-state index in [1.54, 1.807) is 48.4 Å². The Labute approximate surface area is 206 Å². The van der Waals surface area contributed by atoms with Gasteiger partial charge >= 0.3 is 0 Å². The van der Waals surface area contributed by atoms with Gasteiger partial charge in [0.05, 0.1) is 24.4 Å². The van der Waals surface area contributed by atoms with Gasteiger partial charge in [0.1, 0.15) is 22.6 Å². The first kappa shape index (κ1) is 22.9. The summed E-state index contributed by atoms with van der Waals surface area (Å²) in [6.45, 7) is 0.245. The molecule has 3 aromatic heterocycles. The highest BCUT2D eigenvalue weighted by Gasteiger charge is 2.29. The van der Waals surface area contributed by atoms with Crippen LogP contribution in [0.5, 0.6) is 0 Å². The van der Waals surface area contributed by atoms with E-state index in [2.05, 4.69) is 20.4 Å². The number of fused-ring (bicyclic) bond motifs is 1. The lowest BCUT2D eigenvalue weighted by Crippen LogP contribution is -2.31. The van der Waals surface area contributed by atoms with Gasteiger partial charge in [-0.05, 0) is 59.0 Å². The lowest BCUT2D eigenvalue weighted by atomic mass is 10.0. The molecule has 4 heterocycles. The predicted molar refractivity (Wildman–Crippen MR) is 131 cm³/mol. The number of aryl methyl sites for hydroxylation is 1. The van der Waals surface area contributed by atoms with Crippen molar-refractivity contribution < 1.29 is 14.3 Å². The molecule has 10 heteroatoms. The van der Waals surface area contributed by atoms with Gasteiger partial charge in [0.2, 0.25) is 5.91 Å². The van der Waals surface area contributed by atoms with Gasteiger partial charge in [-0.25, -0.2) is 14.4 Å². The van der Waals surface area contributed by atoms with Crippen LogP contribution in [0.15, 0.2) is 54.9 Å². The summed E-state index contributed by atoms with van der Waals surface area (Å²) < 4.78 is 16.9. The Balaban J connectivity index is 1.39. The van der Waals surface area contributed by atoms with Crippen molar-refractivity contribution in [3.63, 3.8) is 0 Å². The zero-order valence-electron chi connectivity index (χ0n) is 18.9. The number of rotatable bonds is 6. The summed E-state index contributed by atoms with van der Waals surface area (Å²) in [6, 6.07) is 12.2. The lowest BCUT2D eigenvalue weighted by molar-refractivity contribution is -0.117. The summed E-state index contributed by atoms with van der Waals surface area (Å²) in [5.74, 6) is 0.549. The van der Waals surface area contributed by atoms with Crippen molar-refractivity contribution in [2.75, 3.05) is 16.8 Å². The molecule has 35 heavy (non-hydrogen) atoms. The molecule has 0 aliphatic carbocycles. The number of amides is 1. The predicted octanol–water partition coefficient (Wildman–Crippen LogP) is 4.04. The molecule has 0 atom stereocenters. The van der Waals surface area contributed by atoms with Crippen LogP contribution in [-0.4, -0.2) is 37.3 Å². The Bertz CT molecular complexity index is 1420. The van der Waals surface area contributed by atoms with Gasteiger partial charge in [0, 0.05) is 32.1 Å². The van der Waals surface area contributed by atoms with E-state index in [9.17, 15) is 9.90 Å². The fraction of sp³-hybridized carbons (Fsp3) is 0.200. The highest BCUT2D eigenvalue weighted by Crippen LogP contribution is 2.36. The first-order chi connectivity index (χ1) is 16.9. The molecule has 0 saturated carbocycles. The molecule has 0 fully saturated rings. The smallest absolute Gasteiger partial charge is 0.231 e. The SMILES string of the molecule is Cn1nc(CO)cc1Nc1cc(-c2cc(F)c3c(c2)CCN3C(=O)Cc2cccnc2Cl)ccn1. The van der Waals surface area contributed by atoms with Crippen LogP contribution in [0.1, 0.15) is 16.8 Å². The Morgan fingerprint density at radius 1 is 1.17 bits per heavy atom. The molecule has 2 N–H and O–H groups in total. The zero-order valence-corrected chi connectivity index (χ0v) is 19.6. The van der Waals surface area contributed by atoms with E-state index < -0.39 is 5.82 Å². The van der Waals surface area contributed by atoms with Crippen molar-refractivity contribution in [3.05, 3.63) is 82.6 Å². The third kappa shape index (κ3) is 4.60. The second-order valence-electron chi connectivity index (χ2n) is 8.25. The van der Waals surface area contributed by atoms with Crippen molar-refractivity contribution >= 4 is 34.8 Å². The molecule has 178 valence electrons. The highest BCUT2D eigenvalue weighted by atomic mass is 35.5. The van der Waals surface area contributed by atoms with E-state index in [-0.39, 0.29) is 24.1 Å². The second kappa shape index (κ2) is 9.44. The van der Waals surface area contributed by atoms with Crippen LogP contribution >= 0.6 is 11.6 Å². The molecular formula is C25H22ClFN6O2. The monoisotopic (exact) mass is 492 g/mol. The largest absolute Gasteiger partial charge is 0.390 e. The molecule has 5 rings (SSSR count). The number of aliphatic hydroxyl groups excluding tert-OH is 1. The van der Waals surface area contributed by atoms with Gasteiger partial charge in [-0.3, -0.25) is 9.48 Å². The van der Waals surface area contributed by atoms with Gasteiger partial charge in [-0.15, -0.1) is 0 Å². The first-order valence-electron chi connectivity index (χ1n) is 11.0. The normalized spacial score (nSPS) is 12.6. The summed E-state index contributed by atoms with van der Waals surface area (Å²) in [4.78, 5) is 22.8. The van der Waals surface area contributed by atoms with Crippen molar-refractivity contribution in [2.45, 2.75) is 19.4 Å². The van der Waals surface area contributed by atoms with E-state index in [1.807, 2.05) is 12.1 Å². The van der Waals surface area contributed by atoms with E-state index in [0.29, 0.717) is 47.1 Å². The minimum atomic E-state index is -0.453. The number of benzene rings is 1. The molecule has 0 bridgehead atoms. The summed E-state index contributed by atoms with van der Waals surface area (Å²) in [5, 5.41) is 16.9. The number of nitrogens with zero attached hydrogens (tertiary/aromatic N) is 5. The number of carbonyl (C=O) groups is 1. The standard InChI is InChI=1S/C25H22ClFN6O2/c1-32-22(13-19(14-34)31-32)30-21-11-15(4-7-28-21)18-9-16-5-8-33(24(16)20(27)10-18)23(35)12-17-3-2-6-29-25(17)26/h2-4,6-7,9-11,13,34H,5,8,12,14H2,1H3,(H,28,30). The fourth-order valence-electron chi connectivity index (χ4n) is 4.25. The first-order valence-corrected chi connectivity index (χ1v) is 11.4. The number of aliphatic hydroxyl groups is 1. The highest BCUT2D eigenvalue weighted by molar-refractivity contribution is 6.30. The van der Waals surface area contributed by atoms with E-state index in [1.165, 1.54) is 11.0 Å². The van der Waals surface area contributed by atoms with Gasteiger partial charge in [0.25, 0.3) is 0 Å². The number of carbonyl (C=O) groups excluding carboxylic acids is 1. The average Bonchev–Trinajstić information content (AvgIpc) is 3.44. The van der Waals surface area contributed by atoms with Crippen molar-refractivity contribution in [2.24, 2.45) is 7.05 Å². The van der Waals surface area contributed by atoms with Crippen LogP contribution in [0.3, 0.4) is 0 Å². The third-order valence-electron chi connectivity index (χ3n) is 5.94. The van der Waals surface area contributed by atoms with Gasteiger partial charge < -0.3 is 15.3 Å². The lowest BCUT2D eigenvalue weighted by Gasteiger charge is -2.19. The molecule has 0 spiro atoms. The summed E-state index contributed by atoms with van der Waals surface area (Å²) in [5.41, 5.74) is 3.71. The van der Waals surface area contributed by atoms with Crippen molar-refractivity contribution in [3.8, 4) is 11.1 Å². The third-order valence-corrected chi connectivity index (χ3v) is 6.28. The van der Waals surface area contributed by atoms with Gasteiger partial charge in [0.15, 0.2) is 0 Å². The number of halogens is 2. The Kier molecular flexibility index (Phi) is 6.19. The number of hydrogen-bond donors (Lipinski definition) is 2. The molecule has 4 aromatic rings. The van der Waals surface area contributed by atoms with Gasteiger partial charge in [-0.2, -0.15) is 5.10 Å². The maximum Gasteiger partial charge on any atom is 0.231 e. The van der Waals surface area contributed by atoms with Crippen LogP contribution in [0.25, 0.3) is 11.1 Å². The van der Waals surface area contributed by atoms with E-state index in [0.717, 1.165) is 11.1 Å². The van der Waals surface area contributed by atoms with Crippen LogP contribution in [0, 0.1) is 5.82 Å². The Morgan fingerprint density at radius 2 is 2.03 bits per heavy atom. The van der Waals surface area contributed by atoms with Crippen molar-refractivity contribution in [1.82, 2.24) is 19.7 Å². The van der Waals surface area contributed by atoms with Crippen LogP contribution in [-0.2, 0) is 31.3 Å². The molecule has 1 aliphatic rings.